The molecular formula is C23H36N4O2. The van der Waals surface area contributed by atoms with Crippen molar-refractivity contribution in [2.45, 2.75) is 84.3 Å². The summed E-state index contributed by atoms with van der Waals surface area (Å²) in [4.78, 5) is 14.7. The topological polar surface area (TPSA) is 80.9 Å². The minimum Gasteiger partial charge on any atom is -0.390 e. The Morgan fingerprint density at radius 1 is 1.14 bits per heavy atom. The number of tetrazole rings is 1. The van der Waals surface area contributed by atoms with Gasteiger partial charge in [0.2, 0.25) is 0 Å². The van der Waals surface area contributed by atoms with Gasteiger partial charge in [0.1, 0.15) is 6.54 Å². The molecule has 29 heavy (non-hydrogen) atoms. The fraction of sp³-hybridized carbons (Fsp3) is 0.913. The molecular weight excluding hydrogens is 364 g/mol. The maximum absolute atomic E-state index is 13.2. The molecule has 0 aliphatic heterocycles. The van der Waals surface area contributed by atoms with Gasteiger partial charge in [-0.25, -0.2) is 0 Å². The van der Waals surface area contributed by atoms with Gasteiger partial charge in [0.15, 0.2) is 12.1 Å². The molecule has 4 saturated carbocycles. The van der Waals surface area contributed by atoms with Gasteiger partial charge in [0.25, 0.3) is 0 Å². The van der Waals surface area contributed by atoms with Crippen LogP contribution in [0.15, 0.2) is 6.33 Å². The van der Waals surface area contributed by atoms with Crippen LogP contribution in [0.1, 0.15) is 72.1 Å². The van der Waals surface area contributed by atoms with Crippen molar-refractivity contribution in [1.29, 1.82) is 0 Å². The quantitative estimate of drug-likeness (QED) is 0.840. The third-order valence-electron chi connectivity index (χ3n) is 9.63. The minimum atomic E-state index is -0.454. The maximum Gasteiger partial charge on any atom is 0.162 e. The summed E-state index contributed by atoms with van der Waals surface area (Å²) in [6.45, 7) is 7.09. The molecule has 6 nitrogen and oxygen atoms in total. The third-order valence-corrected chi connectivity index (χ3v) is 9.63. The van der Waals surface area contributed by atoms with Crippen molar-refractivity contribution in [3.05, 3.63) is 6.33 Å². The number of Topliss-reactive ketones (excluding diaryl/α,β-unsaturated/α-hetero) is 1. The van der Waals surface area contributed by atoms with E-state index in [1.54, 1.807) is 0 Å². The molecule has 0 bridgehead atoms. The zero-order valence-electron chi connectivity index (χ0n) is 18.1. The van der Waals surface area contributed by atoms with Gasteiger partial charge in [-0.2, -0.15) is 4.80 Å². The fourth-order valence-electron chi connectivity index (χ4n) is 8.63. The zero-order valence-corrected chi connectivity index (χ0v) is 18.1. The van der Waals surface area contributed by atoms with Crippen LogP contribution < -0.4 is 0 Å². The summed E-state index contributed by atoms with van der Waals surface area (Å²) < 4.78 is 0. The largest absolute Gasteiger partial charge is 0.390 e. The normalized spacial score (nSPS) is 49.2. The van der Waals surface area contributed by atoms with Crippen LogP contribution in [0.3, 0.4) is 0 Å². The molecule has 0 amide bonds. The summed E-state index contributed by atoms with van der Waals surface area (Å²) in [5.74, 6) is 4.74. The first-order chi connectivity index (χ1) is 13.8. The summed E-state index contributed by atoms with van der Waals surface area (Å²) in [5, 5.41) is 22.3. The number of rotatable bonds is 3. The summed E-state index contributed by atoms with van der Waals surface area (Å²) >= 11 is 0. The van der Waals surface area contributed by atoms with E-state index >= 15 is 0 Å². The average molecular weight is 401 g/mol. The van der Waals surface area contributed by atoms with E-state index < -0.39 is 5.60 Å². The van der Waals surface area contributed by atoms with Crippen LogP contribution in [0.4, 0.5) is 0 Å². The van der Waals surface area contributed by atoms with Crippen LogP contribution in [0.25, 0.3) is 0 Å². The lowest BCUT2D eigenvalue weighted by molar-refractivity contribution is -0.134. The maximum atomic E-state index is 13.2. The summed E-state index contributed by atoms with van der Waals surface area (Å²) in [5.41, 5.74) is -0.337. The van der Waals surface area contributed by atoms with Crippen molar-refractivity contribution in [1.82, 2.24) is 20.2 Å². The van der Waals surface area contributed by atoms with Crippen LogP contribution in [0, 0.1) is 46.8 Å². The Morgan fingerprint density at radius 3 is 2.69 bits per heavy atom. The molecule has 4 fully saturated rings. The van der Waals surface area contributed by atoms with Crippen LogP contribution in [-0.4, -0.2) is 36.7 Å². The molecule has 0 aromatic carbocycles. The van der Waals surface area contributed by atoms with E-state index in [0.717, 1.165) is 37.0 Å². The number of aromatic nitrogens is 4. The summed E-state index contributed by atoms with van der Waals surface area (Å²) in [6, 6.07) is 0. The molecule has 9 atom stereocenters. The van der Waals surface area contributed by atoms with Gasteiger partial charge >= 0.3 is 0 Å². The average Bonchev–Trinajstić information content (AvgIpc) is 3.26. The Kier molecular flexibility index (Phi) is 4.65. The summed E-state index contributed by atoms with van der Waals surface area (Å²) in [6.07, 6.45) is 10.5. The van der Waals surface area contributed by atoms with E-state index in [1.807, 2.05) is 6.92 Å². The monoisotopic (exact) mass is 400 g/mol. The first-order valence-electron chi connectivity index (χ1n) is 11.7. The summed E-state index contributed by atoms with van der Waals surface area (Å²) in [7, 11) is 0. The van der Waals surface area contributed by atoms with Gasteiger partial charge in [-0.05, 0) is 104 Å². The minimum absolute atomic E-state index is 0.116. The third kappa shape index (κ3) is 3.17. The van der Waals surface area contributed by atoms with Gasteiger partial charge < -0.3 is 5.11 Å². The van der Waals surface area contributed by atoms with Crippen LogP contribution in [0.2, 0.25) is 0 Å². The zero-order chi connectivity index (χ0) is 20.4. The van der Waals surface area contributed by atoms with E-state index in [2.05, 4.69) is 29.3 Å². The second-order valence-electron chi connectivity index (χ2n) is 11.3. The van der Waals surface area contributed by atoms with Crippen molar-refractivity contribution < 1.29 is 9.90 Å². The van der Waals surface area contributed by atoms with E-state index in [-0.39, 0.29) is 17.9 Å². The van der Waals surface area contributed by atoms with Gasteiger partial charge in [-0.1, -0.05) is 13.8 Å². The Labute approximate surface area is 173 Å². The van der Waals surface area contributed by atoms with Crippen molar-refractivity contribution >= 4 is 5.78 Å². The number of carbonyl (C=O) groups excluding carboxylic acids is 1. The van der Waals surface area contributed by atoms with Crippen molar-refractivity contribution in [2.75, 3.05) is 0 Å². The predicted octanol–water partition coefficient (Wildman–Crippen LogP) is 3.51. The fourth-order valence-corrected chi connectivity index (χ4v) is 8.63. The van der Waals surface area contributed by atoms with Gasteiger partial charge in [-0.3, -0.25) is 4.79 Å². The molecule has 1 heterocycles. The number of fused-ring (bicyclic) bond motifs is 5. The standard InChI is InChI=1S/C23H36N4O2/c1-14-10-19(20(28)12-27-25-13-24-26-27)23(3)9-7-17-16-6-8-22(2,29)11-15(16)4-5-18(17)21(14)23/h13-19,21,29H,4-12H2,1-3H3/t14-,15-,16+,17?,18-,19-,21?,22-,23-/m1/s1. The highest BCUT2D eigenvalue weighted by Crippen LogP contribution is 2.66. The highest BCUT2D eigenvalue weighted by molar-refractivity contribution is 5.82. The molecule has 160 valence electrons. The van der Waals surface area contributed by atoms with E-state index in [1.165, 1.54) is 43.2 Å². The number of nitrogens with zero attached hydrogens (tertiary/aromatic N) is 4. The predicted molar refractivity (Wildman–Crippen MR) is 109 cm³/mol. The lowest BCUT2D eigenvalue weighted by Crippen LogP contribution is -2.51. The second-order valence-corrected chi connectivity index (χ2v) is 11.3. The number of ketones is 1. The van der Waals surface area contributed by atoms with E-state index in [0.29, 0.717) is 23.5 Å². The molecule has 1 N–H and O–H groups in total. The van der Waals surface area contributed by atoms with Gasteiger partial charge in [0.05, 0.1) is 5.60 Å². The SMILES string of the molecule is C[C@@H]1C[C@H](C(=O)Cn2ncnn2)[C@@]2(C)CCC3[C@@H](CC[C@@H]4C[C@](C)(O)CC[C@H]34)C12. The molecule has 4 aliphatic rings. The van der Waals surface area contributed by atoms with Crippen molar-refractivity contribution in [3.63, 3.8) is 0 Å². The molecule has 2 unspecified atom stereocenters. The highest BCUT2D eigenvalue weighted by atomic mass is 16.3. The molecule has 0 spiro atoms. The number of aliphatic hydroxyl groups is 1. The number of hydrogen-bond acceptors (Lipinski definition) is 5. The second kappa shape index (κ2) is 6.86. The van der Waals surface area contributed by atoms with Crippen molar-refractivity contribution in [3.8, 4) is 0 Å². The first-order valence-corrected chi connectivity index (χ1v) is 11.7. The molecule has 1 aromatic heterocycles. The molecule has 5 rings (SSSR count). The molecule has 0 radical (unpaired) electrons. The van der Waals surface area contributed by atoms with E-state index in [4.69, 9.17) is 0 Å². The lowest BCUT2D eigenvalue weighted by Gasteiger charge is -2.57. The Hall–Kier alpha value is -1.30. The van der Waals surface area contributed by atoms with E-state index in [9.17, 15) is 9.90 Å². The van der Waals surface area contributed by atoms with Crippen LogP contribution >= 0.6 is 0 Å². The Morgan fingerprint density at radius 2 is 1.93 bits per heavy atom. The van der Waals surface area contributed by atoms with Crippen LogP contribution in [-0.2, 0) is 11.3 Å². The Bertz CT molecular complexity index is 763. The van der Waals surface area contributed by atoms with Gasteiger partial charge in [0, 0.05) is 5.92 Å². The molecule has 6 heteroatoms. The van der Waals surface area contributed by atoms with Gasteiger partial charge in [-0.15, -0.1) is 10.2 Å². The highest BCUT2D eigenvalue weighted by Gasteiger charge is 2.61. The molecule has 4 aliphatic carbocycles. The molecule has 1 aromatic rings. The molecule has 0 saturated heterocycles. The number of carbonyl (C=O) groups is 1. The number of hydrogen-bond donors (Lipinski definition) is 1. The smallest absolute Gasteiger partial charge is 0.162 e. The lowest BCUT2D eigenvalue weighted by atomic mass is 9.48. The van der Waals surface area contributed by atoms with Crippen molar-refractivity contribution in [2.24, 2.45) is 46.8 Å². The van der Waals surface area contributed by atoms with Crippen LogP contribution in [0.5, 0.6) is 0 Å². The Balaban J connectivity index is 1.36. The first kappa shape index (κ1) is 19.7.